The molecule has 1 unspecified atom stereocenters. The molecule has 0 aromatic heterocycles. The summed E-state index contributed by atoms with van der Waals surface area (Å²) in [5, 5.41) is 11.5. The van der Waals surface area contributed by atoms with E-state index in [0.717, 1.165) is 6.07 Å². The first kappa shape index (κ1) is 26.1. The van der Waals surface area contributed by atoms with Gasteiger partial charge in [-0.15, -0.1) is 0 Å². The number of benzene rings is 1. The first-order chi connectivity index (χ1) is 16.3. The van der Waals surface area contributed by atoms with E-state index in [9.17, 15) is 23.5 Å². The number of rotatable bonds is 7. The van der Waals surface area contributed by atoms with Crippen LogP contribution < -0.4 is 4.74 Å². The van der Waals surface area contributed by atoms with Gasteiger partial charge in [-0.2, -0.15) is 4.39 Å². The van der Waals surface area contributed by atoms with Crippen LogP contribution in [0.15, 0.2) is 18.2 Å². The molecule has 2 aliphatic rings. The Hall–Kier alpha value is -2.50. The second-order valence-corrected chi connectivity index (χ2v) is 8.70. The number of carbonyl (C=O) groups excluding carboxylic acids is 2. The maximum atomic E-state index is 14.1. The molecule has 0 bridgehead atoms. The smallest absolute Gasteiger partial charge is 0.409 e. The van der Waals surface area contributed by atoms with E-state index in [2.05, 4.69) is 4.90 Å². The minimum absolute atomic E-state index is 0.0374. The molecule has 1 atom stereocenters. The van der Waals surface area contributed by atoms with E-state index >= 15 is 0 Å². The van der Waals surface area contributed by atoms with Crippen LogP contribution >= 0.6 is 0 Å². The van der Waals surface area contributed by atoms with Gasteiger partial charge in [0, 0.05) is 45.9 Å². The van der Waals surface area contributed by atoms with Gasteiger partial charge in [-0.3, -0.25) is 9.69 Å². The van der Waals surface area contributed by atoms with E-state index in [1.165, 1.54) is 24.1 Å². The van der Waals surface area contributed by atoms with Gasteiger partial charge in [0.05, 0.1) is 13.2 Å². The van der Waals surface area contributed by atoms with Crippen molar-refractivity contribution in [3.8, 4) is 5.75 Å². The number of β-amino-alcohol motifs (C(OH)–C–C–N with tert-alkyl or cyclic N) is 1. The number of piperidine rings is 1. The van der Waals surface area contributed by atoms with Crippen molar-refractivity contribution in [3.63, 3.8) is 0 Å². The van der Waals surface area contributed by atoms with Gasteiger partial charge < -0.3 is 29.1 Å². The zero-order valence-corrected chi connectivity index (χ0v) is 19.7. The van der Waals surface area contributed by atoms with E-state index in [4.69, 9.17) is 14.2 Å². The Morgan fingerprint density at radius 1 is 1.12 bits per heavy atom. The van der Waals surface area contributed by atoms with Crippen molar-refractivity contribution in [2.75, 3.05) is 66.2 Å². The molecule has 3 rings (SSSR count). The number of nitrogens with zero attached hydrogens (tertiary/aromatic N) is 3. The zero-order valence-electron chi connectivity index (χ0n) is 19.7. The average molecular weight is 486 g/mol. The maximum Gasteiger partial charge on any atom is 0.409 e. The Labute approximate surface area is 198 Å². The molecule has 0 radical (unpaired) electrons. The van der Waals surface area contributed by atoms with Crippen molar-refractivity contribution >= 4 is 12.0 Å². The number of methoxy groups -OCH3 is 1. The number of aliphatic hydroxyl groups is 1. The Morgan fingerprint density at radius 3 is 2.53 bits per heavy atom. The van der Waals surface area contributed by atoms with E-state index in [1.807, 2.05) is 0 Å². The van der Waals surface area contributed by atoms with E-state index < -0.39 is 17.2 Å². The molecule has 11 heteroatoms. The Bertz CT molecular complexity index is 852. The third-order valence-corrected chi connectivity index (χ3v) is 6.18. The minimum atomic E-state index is -1.53. The number of hydrogen-bond acceptors (Lipinski definition) is 7. The Morgan fingerprint density at radius 2 is 1.85 bits per heavy atom. The number of hydrogen-bond donors (Lipinski definition) is 1. The number of amides is 2. The molecule has 2 amide bonds. The maximum absolute atomic E-state index is 14.1. The predicted octanol–water partition coefficient (Wildman–Crippen LogP) is 1.49. The van der Waals surface area contributed by atoms with E-state index in [1.54, 1.807) is 11.8 Å². The third kappa shape index (κ3) is 6.55. The summed E-state index contributed by atoms with van der Waals surface area (Å²) in [6.07, 6.45) is 1.02. The van der Waals surface area contributed by atoms with Crippen molar-refractivity contribution < 1.29 is 37.7 Å². The molecule has 34 heavy (non-hydrogen) atoms. The SMILES string of the molecule is CCOC(=O)N1CCC(N2CCN(C(=O)COC)CC(O)(COc3cccc(F)c3F)C2)CC1. The molecule has 0 spiro atoms. The van der Waals surface area contributed by atoms with Gasteiger partial charge in [0.15, 0.2) is 11.6 Å². The summed E-state index contributed by atoms with van der Waals surface area (Å²) in [6, 6.07) is 3.66. The highest BCUT2D eigenvalue weighted by Crippen LogP contribution is 2.25. The largest absolute Gasteiger partial charge is 0.487 e. The van der Waals surface area contributed by atoms with Crippen molar-refractivity contribution in [1.82, 2.24) is 14.7 Å². The highest BCUT2D eigenvalue weighted by atomic mass is 19.2. The molecule has 190 valence electrons. The summed E-state index contributed by atoms with van der Waals surface area (Å²) in [7, 11) is 1.42. The average Bonchev–Trinajstić information content (AvgIpc) is 3.00. The molecule has 2 fully saturated rings. The van der Waals surface area contributed by atoms with Gasteiger partial charge in [0.25, 0.3) is 0 Å². The molecule has 0 saturated carbocycles. The van der Waals surface area contributed by atoms with Crippen LogP contribution in [0.5, 0.6) is 5.75 Å². The summed E-state index contributed by atoms with van der Waals surface area (Å²) >= 11 is 0. The monoisotopic (exact) mass is 485 g/mol. The summed E-state index contributed by atoms with van der Waals surface area (Å²) in [5.74, 6) is -2.76. The van der Waals surface area contributed by atoms with Gasteiger partial charge in [-0.05, 0) is 31.9 Å². The topological polar surface area (TPSA) is 91.8 Å². The fourth-order valence-electron chi connectivity index (χ4n) is 4.46. The fraction of sp³-hybridized carbons (Fsp3) is 0.652. The highest BCUT2D eigenvalue weighted by Gasteiger charge is 2.40. The normalized spacial score (nSPS) is 22.4. The predicted molar refractivity (Wildman–Crippen MR) is 118 cm³/mol. The van der Waals surface area contributed by atoms with Crippen molar-refractivity contribution in [2.24, 2.45) is 0 Å². The van der Waals surface area contributed by atoms with E-state index in [-0.39, 0.29) is 50.1 Å². The van der Waals surface area contributed by atoms with Gasteiger partial charge in [-0.1, -0.05) is 6.07 Å². The molecule has 0 aliphatic carbocycles. The van der Waals surface area contributed by atoms with Gasteiger partial charge in [0.2, 0.25) is 11.7 Å². The van der Waals surface area contributed by atoms with Gasteiger partial charge >= 0.3 is 6.09 Å². The lowest BCUT2D eigenvalue weighted by Crippen LogP contribution is -2.55. The second kappa shape index (κ2) is 11.8. The summed E-state index contributed by atoms with van der Waals surface area (Å²) in [5.41, 5.74) is -1.53. The highest BCUT2D eigenvalue weighted by molar-refractivity contribution is 5.77. The molecule has 9 nitrogen and oxygen atoms in total. The molecule has 1 aromatic rings. The summed E-state index contributed by atoms with van der Waals surface area (Å²) < 4.78 is 43.2. The lowest BCUT2D eigenvalue weighted by atomic mass is 9.99. The number of likely N-dealkylation sites (tertiary alicyclic amines) is 1. The van der Waals surface area contributed by atoms with Crippen LogP contribution in [0, 0.1) is 11.6 Å². The molecule has 2 heterocycles. The first-order valence-electron chi connectivity index (χ1n) is 11.5. The fourth-order valence-corrected chi connectivity index (χ4v) is 4.46. The van der Waals surface area contributed by atoms with Gasteiger partial charge in [-0.25, -0.2) is 9.18 Å². The molecule has 2 aliphatic heterocycles. The quantitative estimate of drug-likeness (QED) is 0.626. The summed E-state index contributed by atoms with van der Waals surface area (Å²) in [4.78, 5) is 29.8. The van der Waals surface area contributed by atoms with Crippen LogP contribution in [0.25, 0.3) is 0 Å². The number of ether oxygens (including phenoxy) is 3. The van der Waals surface area contributed by atoms with Crippen molar-refractivity contribution in [1.29, 1.82) is 0 Å². The first-order valence-corrected chi connectivity index (χ1v) is 11.5. The molecule has 1 aromatic carbocycles. The Balaban J connectivity index is 1.71. The lowest BCUT2D eigenvalue weighted by molar-refractivity contribution is -0.138. The molecule has 2 saturated heterocycles. The van der Waals surface area contributed by atoms with Crippen molar-refractivity contribution in [3.05, 3.63) is 29.8 Å². The van der Waals surface area contributed by atoms with Crippen LogP contribution in [0.4, 0.5) is 13.6 Å². The van der Waals surface area contributed by atoms with E-state index in [0.29, 0.717) is 45.6 Å². The van der Waals surface area contributed by atoms with Gasteiger partial charge in [0.1, 0.15) is 18.8 Å². The molecular formula is C23H33F2N3O6. The van der Waals surface area contributed by atoms with Crippen LogP contribution in [-0.2, 0) is 14.3 Å². The van der Waals surface area contributed by atoms with Crippen LogP contribution in [-0.4, -0.2) is 110 Å². The lowest BCUT2D eigenvalue weighted by Gasteiger charge is -2.40. The Kier molecular flexibility index (Phi) is 9.03. The minimum Gasteiger partial charge on any atom is -0.487 e. The number of halogens is 2. The summed E-state index contributed by atoms with van der Waals surface area (Å²) in [6.45, 7) is 3.68. The second-order valence-electron chi connectivity index (χ2n) is 8.70. The van der Waals surface area contributed by atoms with Crippen LogP contribution in [0.2, 0.25) is 0 Å². The van der Waals surface area contributed by atoms with Crippen LogP contribution in [0.3, 0.4) is 0 Å². The molecular weight excluding hydrogens is 452 g/mol. The molecule has 1 N–H and O–H groups in total. The standard InChI is InChI=1S/C23H33F2N3O6/c1-3-33-22(30)26-9-7-17(8-10-26)27-11-12-28(20(29)13-32-2)15-23(31,14-27)16-34-19-6-4-5-18(24)21(19)25/h4-6,17,31H,3,7-16H2,1-2H3. The van der Waals surface area contributed by atoms with Crippen molar-refractivity contribution in [2.45, 2.75) is 31.4 Å². The number of carbonyl (C=O) groups is 2. The van der Waals surface area contributed by atoms with Crippen LogP contribution in [0.1, 0.15) is 19.8 Å². The zero-order chi connectivity index (χ0) is 24.7. The third-order valence-electron chi connectivity index (χ3n) is 6.18.